The van der Waals surface area contributed by atoms with Crippen molar-refractivity contribution < 1.29 is 18.4 Å². The molecule has 0 saturated carbocycles. The van der Waals surface area contributed by atoms with Crippen LogP contribution in [0.4, 0.5) is 20.2 Å². The summed E-state index contributed by atoms with van der Waals surface area (Å²) in [5.41, 5.74) is 0.653. The highest BCUT2D eigenvalue weighted by Gasteiger charge is 2.37. The molecule has 0 spiro atoms. The Morgan fingerprint density at radius 1 is 1.14 bits per heavy atom. The number of rotatable bonds is 5. The van der Waals surface area contributed by atoms with Crippen LogP contribution in [-0.4, -0.2) is 38.1 Å². The lowest BCUT2D eigenvalue weighted by Gasteiger charge is -2.28. The number of nitrogens with zero attached hydrogens (tertiary/aromatic N) is 6. The topological polar surface area (TPSA) is 117 Å². The average molecular weight is 499 g/mol. The Hall–Kier alpha value is -4.98. The summed E-state index contributed by atoms with van der Waals surface area (Å²) in [5, 5.41) is 15.9. The summed E-state index contributed by atoms with van der Waals surface area (Å²) in [6, 6.07) is 14.9. The van der Waals surface area contributed by atoms with Crippen molar-refractivity contribution in [3.8, 4) is 6.07 Å². The zero-order chi connectivity index (χ0) is 26.2. The van der Waals surface area contributed by atoms with Gasteiger partial charge < -0.3 is 10.2 Å². The van der Waals surface area contributed by atoms with E-state index >= 15 is 0 Å². The quantitative estimate of drug-likeness (QED) is 0.445. The Morgan fingerprint density at radius 2 is 1.92 bits per heavy atom. The molecule has 0 unspecified atom stereocenters. The molecular weight excluding hydrogens is 480 g/mol. The molecule has 4 aromatic rings. The second-order valence-electron chi connectivity index (χ2n) is 8.34. The van der Waals surface area contributed by atoms with Gasteiger partial charge in [0.1, 0.15) is 17.2 Å². The lowest BCUT2D eigenvalue weighted by Crippen LogP contribution is -2.41. The Labute approximate surface area is 210 Å². The number of nitriles is 1. The molecule has 2 aromatic carbocycles. The monoisotopic (exact) mass is 499 g/mol. The number of amides is 2. The molecule has 9 nitrogen and oxygen atoms in total. The summed E-state index contributed by atoms with van der Waals surface area (Å²) in [6.07, 6.45) is 2.59. The molecule has 11 heteroatoms. The minimum Gasteiger partial charge on any atom is -0.322 e. The molecule has 0 atom stereocenters. The third-order valence-corrected chi connectivity index (χ3v) is 5.96. The van der Waals surface area contributed by atoms with Crippen molar-refractivity contribution in [3.05, 3.63) is 101 Å². The Morgan fingerprint density at radius 3 is 2.65 bits per heavy atom. The van der Waals surface area contributed by atoms with Crippen LogP contribution >= 0.6 is 0 Å². The summed E-state index contributed by atoms with van der Waals surface area (Å²) in [5.74, 6) is -4.14. The van der Waals surface area contributed by atoms with Crippen molar-refractivity contribution in [2.75, 3.05) is 16.8 Å². The van der Waals surface area contributed by atoms with Crippen LogP contribution in [0, 0.1) is 18.3 Å². The smallest absolute Gasteiger partial charge is 0.315 e. The number of carbonyl (C=O) groups excluding carboxylic acids is 2. The average Bonchev–Trinajstić information content (AvgIpc) is 3.34. The van der Waals surface area contributed by atoms with Gasteiger partial charge in [0.05, 0.1) is 29.9 Å². The molecule has 5 rings (SSSR count). The van der Waals surface area contributed by atoms with Crippen molar-refractivity contribution in [2.45, 2.75) is 19.4 Å². The number of hydrogen-bond acceptors (Lipinski definition) is 6. The van der Waals surface area contributed by atoms with Gasteiger partial charge in [-0.25, -0.2) is 9.97 Å². The van der Waals surface area contributed by atoms with E-state index in [1.165, 1.54) is 65.3 Å². The van der Waals surface area contributed by atoms with Crippen LogP contribution in [0.15, 0.2) is 67.0 Å². The van der Waals surface area contributed by atoms with Crippen molar-refractivity contribution in [3.63, 3.8) is 0 Å². The molecule has 0 fully saturated rings. The summed E-state index contributed by atoms with van der Waals surface area (Å²) in [4.78, 5) is 35.4. The highest BCUT2D eigenvalue weighted by atomic mass is 19.3. The van der Waals surface area contributed by atoms with Crippen LogP contribution < -0.4 is 10.2 Å². The molecule has 0 bridgehead atoms. The number of fused-ring (bicyclic) bond motifs is 1. The number of aromatic nitrogens is 4. The fourth-order valence-electron chi connectivity index (χ4n) is 4.11. The van der Waals surface area contributed by atoms with E-state index in [-0.39, 0.29) is 29.2 Å². The maximum absolute atomic E-state index is 15.0. The van der Waals surface area contributed by atoms with Gasteiger partial charge >= 0.3 is 5.92 Å². The van der Waals surface area contributed by atoms with Crippen LogP contribution in [-0.2, 0) is 12.5 Å². The first-order chi connectivity index (χ1) is 17.8. The van der Waals surface area contributed by atoms with E-state index in [4.69, 9.17) is 5.26 Å². The molecule has 0 aliphatic carbocycles. The maximum atomic E-state index is 15.0. The van der Waals surface area contributed by atoms with Gasteiger partial charge in [-0.2, -0.15) is 19.1 Å². The third-order valence-electron chi connectivity index (χ3n) is 5.96. The number of nitrogens with one attached hydrogen (secondary N) is 1. The number of aryl methyl sites for hydroxylation is 1. The molecule has 0 radical (unpaired) electrons. The van der Waals surface area contributed by atoms with Crippen LogP contribution in [0.5, 0.6) is 0 Å². The molecule has 3 heterocycles. The van der Waals surface area contributed by atoms with Crippen LogP contribution in [0.3, 0.4) is 0 Å². The number of hydrogen-bond donors (Lipinski definition) is 1. The second-order valence-corrected chi connectivity index (χ2v) is 8.34. The predicted molar refractivity (Wildman–Crippen MR) is 129 cm³/mol. The number of alkyl halides is 2. The summed E-state index contributed by atoms with van der Waals surface area (Å²) in [7, 11) is 0. The lowest BCUT2D eigenvalue weighted by molar-refractivity contribution is 0.0376. The van der Waals surface area contributed by atoms with Gasteiger partial charge in [0.15, 0.2) is 0 Å². The molecule has 1 aliphatic heterocycles. The van der Waals surface area contributed by atoms with Gasteiger partial charge in [-0.1, -0.05) is 18.2 Å². The number of benzene rings is 2. The first-order valence-corrected chi connectivity index (χ1v) is 11.3. The van der Waals surface area contributed by atoms with Gasteiger partial charge in [0, 0.05) is 29.7 Å². The van der Waals surface area contributed by atoms with Crippen LogP contribution in [0.25, 0.3) is 0 Å². The van der Waals surface area contributed by atoms with Gasteiger partial charge in [-0.05, 0) is 43.3 Å². The highest BCUT2D eigenvalue weighted by Crippen LogP contribution is 2.35. The summed E-state index contributed by atoms with van der Waals surface area (Å²) < 4.78 is 31.4. The Balaban J connectivity index is 1.39. The zero-order valence-electron chi connectivity index (χ0n) is 19.5. The van der Waals surface area contributed by atoms with Crippen molar-refractivity contribution in [2.24, 2.45) is 0 Å². The molecule has 184 valence electrons. The molecular formula is C26H19F2N7O2. The van der Waals surface area contributed by atoms with Crippen LogP contribution in [0.2, 0.25) is 0 Å². The minimum atomic E-state index is -3.34. The summed E-state index contributed by atoms with van der Waals surface area (Å²) in [6.45, 7) is 2.10. The molecule has 0 saturated heterocycles. The first kappa shape index (κ1) is 23.7. The van der Waals surface area contributed by atoms with E-state index in [1.54, 1.807) is 18.2 Å². The number of halogens is 2. The first-order valence-electron chi connectivity index (χ1n) is 11.3. The van der Waals surface area contributed by atoms with E-state index in [0.717, 1.165) is 0 Å². The van der Waals surface area contributed by atoms with E-state index in [0.29, 0.717) is 23.5 Å². The standard InChI is InChI=1S/C26H19F2N7O2/c1-16-30-10-9-22(32-16)26(27,28)18-5-7-20(8-6-18)34-11-12-35-23(25(34)37)21(15-31-35)24(36)33-19-4-2-3-17(13-19)14-29/h2-10,13,15H,11-12H2,1H3,(H,33,36). The summed E-state index contributed by atoms with van der Waals surface area (Å²) >= 11 is 0. The number of anilines is 2. The second kappa shape index (κ2) is 9.23. The Kier molecular flexibility index (Phi) is 5.93. The fraction of sp³-hybridized carbons (Fsp3) is 0.154. The maximum Gasteiger partial charge on any atom is 0.315 e. The normalized spacial score (nSPS) is 13.1. The molecule has 37 heavy (non-hydrogen) atoms. The van der Waals surface area contributed by atoms with Crippen LogP contribution in [0.1, 0.15) is 43.5 Å². The van der Waals surface area contributed by atoms with Crippen molar-refractivity contribution in [1.82, 2.24) is 19.7 Å². The molecule has 1 N–H and O–H groups in total. The SMILES string of the molecule is Cc1nccc(C(F)(F)c2ccc(N3CCn4ncc(C(=O)Nc5cccc(C#N)c5)c4C3=O)cc2)n1. The molecule has 2 aromatic heterocycles. The van der Waals surface area contributed by atoms with E-state index < -0.39 is 23.4 Å². The van der Waals surface area contributed by atoms with Gasteiger partial charge in [0.2, 0.25) is 0 Å². The van der Waals surface area contributed by atoms with Crippen molar-refractivity contribution in [1.29, 1.82) is 5.26 Å². The Bertz CT molecular complexity index is 1560. The lowest BCUT2D eigenvalue weighted by atomic mass is 10.0. The molecule has 2 amide bonds. The third kappa shape index (κ3) is 4.40. The van der Waals surface area contributed by atoms with Gasteiger partial charge in [-0.3, -0.25) is 14.3 Å². The highest BCUT2D eigenvalue weighted by molar-refractivity contribution is 6.15. The van der Waals surface area contributed by atoms with Gasteiger partial charge in [0.25, 0.3) is 11.8 Å². The van der Waals surface area contributed by atoms with E-state index in [9.17, 15) is 18.4 Å². The fourth-order valence-corrected chi connectivity index (χ4v) is 4.11. The minimum absolute atomic E-state index is 0.0688. The van der Waals surface area contributed by atoms with Gasteiger partial charge in [-0.15, -0.1) is 0 Å². The largest absolute Gasteiger partial charge is 0.322 e. The van der Waals surface area contributed by atoms with Crippen molar-refractivity contribution >= 4 is 23.2 Å². The van der Waals surface area contributed by atoms with E-state index in [2.05, 4.69) is 20.4 Å². The predicted octanol–water partition coefficient (Wildman–Crippen LogP) is 3.91. The van der Waals surface area contributed by atoms with E-state index in [1.807, 2.05) is 6.07 Å². The number of carbonyl (C=O) groups is 2. The molecule has 1 aliphatic rings. The zero-order valence-corrected chi connectivity index (χ0v) is 19.5.